The van der Waals surface area contributed by atoms with E-state index in [1.54, 1.807) is 18.2 Å². The SMILES string of the molecule is Cc1cc(F)c(NN2CCC(C)(C#N)C2)cc1-c1cc(Cl)nc(OCCO)c1. The lowest BCUT2D eigenvalue weighted by Crippen LogP contribution is -2.30. The molecule has 1 fully saturated rings. The Morgan fingerprint density at radius 2 is 2.21 bits per heavy atom. The summed E-state index contributed by atoms with van der Waals surface area (Å²) in [5, 5.41) is 20.3. The van der Waals surface area contributed by atoms with E-state index in [2.05, 4.69) is 16.5 Å². The number of hydrazine groups is 1. The molecule has 1 aliphatic rings. The summed E-state index contributed by atoms with van der Waals surface area (Å²) >= 11 is 6.10. The summed E-state index contributed by atoms with van der Waals surface area (Å²) in [6.45, 7) is 4.87. The Labute approximate surface area is 168 Å². The molecule has 0 saturated carbocycles. The number of nitriles is 1. The van der Waals surface area contributed by atoms with E-state index in [9.17, 15) is 9.65 Å². The van der Waals surface area contributed by atoms with Gasteiger partial charge in [-0.25, -0.2) is 14.4 Å². The van der Waals surface area contributed by atoms with Gasteiger partial charge in [0.1, 0.15) is 17.6 Å². The Kier molecular flexibility index (Phi) is 6.04. The molecule has 3 rings (SSSR count). The second-order valence-electron chi connectivity index (χ2n) is 7.19. The third-order valence-corrected chi connectivity index (χ3v) is 4.95. The zero-order valence-corrected chi connectivity index (χ0v) is 16.6. The fraction of sp³-hybridized carbons (Fsp3) is 0.400. The minimum Gasteiger partial charge on any atom is -0.475 e. The van der Waals surface area contributed by atoms with Gasteiger partial charge in [0.15, 0.2) is 0 Å². The number of benzene rings is 1. The molecule has 0 aliphatic carbocycles. The first-order valence-corrected chi connectivity index (χ1v) is 9.36. The summed E-state index contributed by atoms with van der Waals surface area (Å²) in [6, 6.07) is 8.88. The number of hydrogen-bond acceptors (Lipinski definition) is 6. The summed E-state index contributed by atoms with van der Waals surface area (Å²) in [5.41, 5.74) is 5.24. The number of aromatic nitrogens is 1. The molecule has 1 unspecified atom stereocenters. The summed E-state index contributed by atoms with van der Waals surface area (Å²) in [4.78, 5) is 4.08. The normalized spacial score (nSPS) is 19.4. The van der Waals surface area contributed by atoms with Crippen molar-refractivity contribution in [1.82, 2.24) is 9.99 Å². The number of pyridine rings is 1. The zero-order valence-electron chi connectivity index (χ0n) is 15.8. The first-order valence-electron chi connectivity index (χ1n) is 8.98. The molecule has 0 radical (unpaired) electrons. The van der Waals surface area contributed by atoms with Crippen LogP contribution in [-0.2, 0) is 0 Å². The molecule has 1 atom stereocenters. The largest absolute Gasteiger partial charge is 0.475 e. The van der Waals surface area contributed by atoms with Crippen molar-refractivity contribution in [2.75, 3.05) is 31.7 Å². The van der Waals surface area contributed by atoms with E-state index in [1.807, 2.05) is 18.9 Å². The summed E-state index contributed by atoms with van der Waals surface area (Å²) in [7, 11) is 0. The molecule has 2 aromatic rings. The number of nitrogens with zero attached hydrogens (tertiary/aromatic N) is 3. The first-order chi connectivity index (χ1) is 13.3. The fourth-order valence-corrected chi connectivity index (χ4v) is 3.44. The predicted molar refractivity (Wildman–Crippen MR) is 105 cm³/mol. The van der Waals surface area contributed by atoms with Crippen molar-refractivity contribution in [1.29, 1.82) is 5.26 Å². The van der Waals surface area contributed by atoms with Crippen LogP contribution in [0.25, 0.3) is 11.1 Å². The third kappa shape index (κ3) is 4.53. The highest BCUT2D eigenvalue weighted by Crippen LogP contribution is 2.34. The van der Waals surface area contributed by atoms with Gasteiger partial charge in [-0.1, -0.05) is 11.6 Å². The van der Waals surface area contributed by atoms with Crippen LogP contribution >= 0.6 is 11.6 Å². The molecule has 2 heterocycles. The van der Waals surface area contributed by atoms with E-state index in [1.165, 1.54) is 6.07 Å². The standard InChI is InChI=1S/C20H22ClFN4O2/c1-13-7-16(22)17(25-26-4-3-20(2,11-23)12-26)10-15(13)14-8-18(21)24-19(9-14)28-6-5-27/h7-10,25,27H,3-6,12H2,1-2H3. The Morgan fingerprint density at radius 3 is 2.89 bits per heavy atom. The number of aliphatic hydroxyl groups excluding tert-OH is 1. The number of aliphatic hydroxyl groups is 1. The van der Waals surface area contributed by atoms with Gasteiger partial charge in [-0.2, -0.15) is 5.26 Å². The Hall–Kier alpha value is -2.40. The van der Waals surface area contributed by atoms with Gasteiger partial charge in [-0.3, -0.25) is 0 Å². The van der Waals surface area contributed by atoms with Gasteiger partial charge in [-0.05, 0) is 55.2 Å². The zero-order chi connectivity index (χ0) is 20.3. The maximum Gasteiger partial charge on any atom is 0.215 e. The van der Waals surface area contributed by atoms with E-state index in [0.717, 1.165) is 23.1 Å². The molecule has 2 N–H and O–H groups in total. The van der Waals surface area contributed by atoms with Crippen LogP contribution in [0.1, 0.15) is 18.9 Å². The first kappa shape index (κ1) is 20.3. The molecule has 0 spiro atoms. The highest BCUT2D eigenvalue weighted by Gasteiger charge is 2.34. The molecule has 28 heavy (non-hydrogen) atoms. The van der Waals surface area contributed by atoms with Gasteiger partial charge in [0.25, 0.3) is 0 Å². The highest BCUT2D eigenvalue weighted by molar-refractivity contribution is 6.29. The fourth-order valence-electron chi connectivity index (χ4n) is 3.24. The molecular weight excluding hydrogens is 383 g/mol. The minimum absolute atomic E-state index is 0.106. The number of anilines is 1. The van der Waals surface area contributed by atoms with Crippen LogP contribution in [0.2, 0.25) is 5.15 Å². The van der Waals surface area contributed by atoms with Crippen molar-refractivity contribution < 1.29 is 14.2 Å². The summed E-state index contributed by atoms with van der Waals surface area (Å²) < 4.78 is 19.9. The average Bonchev–Trinajstić information content (AvgIpc) is 3.03. The van der Waals surface area contributed by atoms with Crippen LogP contribution < -0.4 is 10.2 Å². The smallest absolute Gasteiger partial charge is 0.215 e. The Morgan fingerprint density at radius 1 is 1.43 bits per heavy atom. The Balaban J connectivity index is 1.90. The van der Waals surface area contributed by atoms with Gasteiger partial charge in [0, 0.05) is 19.2 Å². The van der Waals surface area contributed by atoms with E-state index >= 15 is 0 Å². The molecule has 1 aromatic carbocycles. The average molecular weight is 405 g/mol. The summed E-state index contributed by atoms with van der Waals surface area (Å²) in [6.07, 6.45) is 0.725. The third-order valence-electron chi connectivity index (χ3n) is 4.76. The maximum atomic E-state index is 14.6. The lowest BCUT2D eigenvalue weighted by atomic mass is 9.92. The van der Waals surface area contributed by atoms with Gasteiger partial charge < -0.3 is 15.3 Å². The van der Waals surface area contributed by atoms with Crippen LogP contribution in [0, 0.1) is 29.5 Å². The second-order valence-corrected chi connectivity index (χ2v) is 7.58. The number of ether oxygens (including phenoxy) is 1. The quantitative estimate of drug-likeness (QED) is 0.713. The monoisotopic (exact) mass is 404 g/mol. The molecule has 6 nitrogen and oxygen atoms in total. The van der Waals surface area contributed by atoms with Gasteiger partial charge in [0.05, 0.1) is 23.8 Å². The van der Waals surface area contributed by atoms with Crippen LogP contribution in [-0.4, -0.2) is 41.4 Å². The predicted octanol–water partition coefficient (Wildman–Crippen LogP) is 3.78. The molecule has 8 heteroatoms. The topological polar surface area (TPSA) is 81.4 Å². The number of hydrogen-bond donors (Lipinski definition) is 2. The van der Waals surface area contributed by atoms with Crippen molar-refractivity contribution in [2.24, 2.45) is 5.41 Å². The van der Waals surface area contributed by atoms with Crippen LogP contribution in [0.3, 0.4) is 0 Å². The lowest BCUT2D eigenvalue weighted by Gasteiger charge is -2.21. The van der Waals surface area contributed by atoms with E-state index in [-0.39, 0.29) is 24.2 Å². The molecule has 1 aromatic heterocycles. The van der Waals surface area contributed by atoms with Crippen molar-refractivity contribution in [3.05, 3.63) is 40.8 Å². The number of aryl methyl sites for hydroxylation is 1. The van der Waals surface area contributed by atoms with Crippen LogP contribution in [0.15, 0.2) is 24.3 Å². The Bertz CT molecular complexity index is 918. The van der Waals surface area contributed by atoms with Gasteiger partial charge >= 0.3 is 0 Å². The molecule has 1 aliphatic heterocycles. The van der Waals surface area contributed by atoms with Gasteiger partial charge in [-0.15, -0.1) is 0 Å². The van der Waals surface area contributed by atoms with E-state index in [0.29, 0.717) is 24.7 Å². The molecule has 0 bridgehead atoms. The van der Waals surface area contributed by atoms with Crippen LogP contribution in [0.5, 0.6) is 5.88 Å². The van der Waals surface area contributed by atoms with E-state index < -0.39 is 5.41 Å². The minimum atomic E-state index is -0.436. The number of nitrogens with one attached hydrogen (secondary N) is 1. The number of rotatable bonds is 6. The maximum absolute atomic E-state index is 14.6. The molecule has 148 valence electrons. The number of halogens is 2. The molecule has 0 amide bonds. The van der Waals surface area contributed by atoms with Crippen molar-refractivity contribution in [3.63, 3.8) is 0 Å². The highest BCUT2D eigenvalue weighted by atomic mass is 35.5. The second kappa shape index (κ2) is 8.31. The summed E-state index contributed by atoms with van der Waals surface area (Å²) in [5.74, 6) is -0.0807. The van der Waals surface area contributed by atoms with Crippen molar-refractivity contribution in [3.8, 4) is 23.1 Å². The van der Waals surface area contributed by atoms with Crippen molar-refractivity contribution >= 4 is 17.3 Å². The van der Waals surface area contributed by atoms with Gasteiger partial charge in [0.2, 0.25) is 5.88 Å². The van der Waals surface area contributed by atoms with E-state index in [4.69, 9.17) is 21.4 Å². The molecular formula is C20H22ClFN4O2. The lowest BCUT2D eigenvalue weighted by molar-refractivity contribution is 0.197. The molecule has 1 saturated heterocycles. The van der Waals surface area contributed by atoms with Crippen molar-refractivity contribution in [2.45, 2.75) is 20.3 Å². The van der Waals surface area contributed by atoms with Crippen LogP contribution in [0.4, 0.5) is 10.1 Å².